The van der Waals surface area contributed by atoms with E-state index in [4.69, 9.17) is 0 Å². The van der Waals surface area contributed by atoms with Gasteiger partial charge in [-0.25, -0.2) is 0 Å². The third-order valence-corrected chi connectivity index (χ3v) is 4.53. The Morgan fingerprint density at radius 2 is 1.82 bits per heavy atom. The molecule has 0 aromatic rings. The fraction of sp³-hybridized carbons (Fsp3) is 1.00. The van der Waals surface area contributed by atoms with Crippen molar-refractivity contribution >= 4 is 0 Å². The molecule has 0 bridgehead atoms. The van der Waals surface area contributed by atoms with E-state index in [0.29, 0.717) is 0 Å². The maximum Gasteiger partial charge on any atom is 0.00926 e. The highest BCUT2D eigenvalue weighted by Gasteiger charge is 2.20. The summed E-state index contributed by atoms with van der Waals surface area (Å²) < 4.78 is 0. The SMILES string of the molecule is CCCCC(C)C(CCC1CCCC1)NCC. The van der Waals surface area contributed by atoms with Gasteiger partial charge in [0.2, 0.25) is 0 Å². The van der Waals surface area contributed by atoms with Crippen molar-refractivity contribution in [3.63, 3.8) is 0 Å². The zero-order valence-corrected chi connectivity index (χ0v) is 12.3. The molecular formula is C16H33N. The van der Waals surface area contributed by atoms with Crippen LogP contribution in [-0.4, -0.2) is 12.6 Å². The summed E-state index contributed by atoms with van der Waals surface area (Å²) in [5.74, 6) is 1.91. The molecule has 0 spiro atoms. The van der Waals surface area contributed by atoms with E-state index in [1.807, 2.05) is 0 Å². The summed E-state index contributed by atoms with van der Waals surface area (Å²) in [7, 11) is 0. The predicted molar refractivity (Wildman–Crippen MR) is 77.3 cm³/mol. The van der Waals surface area contributed by atoms with Crippen LogP contribution in [0.2, 0.25) is 0 Å². The maximum absolute atomic E-state index is 3.72. The molecule has 17 heavy (non-hydrogen) atoms. The van der Waals surface area contributed by atoms with Crippen molar-refractivity contribution in [2.45, 2.75) is 84.6 Å². The first-order valence-corrected chi connectivity index (χ1v) is 8.01. The molecular weight excluding hydrogens is 206 g/mol. The second kappa shape index (κ2) is 8.97. The first-order valence-electron chi connectivity index (χ1n) is 8.01. The Balaban J connectivity index is 2.25. The fourth-order valence-electron chi connectivity index (χ4n) is 3.29. The molecule has 0 heterocycles. The van der Waals surface area contributed by atoms with Gasteiger partial charge in [0, 0.05) is 6.04 Å². The minimum Gasteiger partial charge on any atom is -0.314 e. The van der Waals surface area contributed by atoms with Gasteiger partial charge in [-0.15, -0.1) is 0 Å². The van der Waals surface area contributed by atoms with E-state index in [1.54, 1.807) is 0 Å². The summed E-state index contributed by atoms with van der Waals surface area (Å²) in [5, 5.41) is 3.72. The molecule has 1 aliphatic carbocycles. The van der Waals surface area contributed by atoms with E-state index >= 15 is 0 Å². The van der Waals surface area contributed by atoms with Crippen LogP contribution in [0.3, 0.4) is 0 Å². The van der Waals surface area contributed by atoms with Crippen LogP contribution in [0.1, 0.15) is 78.6 Å². The van der Waals surface area contributed by atoms with Crippen molar-refractivity contribution in [2.24, 2.45) is 11.8 Å². The molecule has 2 atom stereocenters. The summed E-state index contributed by atoms with van der Waals surface area (Å²) in [4.78, 5) is 0. The quantitative estimate of drug-likeness (QED) is 0.611. The number of rotatable bonds is 9. The smallest absolute Gasteiger partial charge is 0.00926 e. The summed E-state index contributed by atoms with van der Waals surface area (Å²) in [6.07, 6.45) is 13.0. The Labute approximate surface area is 109 Å². The summed E-state index contributed by atoms with van der Waals surface area (Å²) in [6.45, 7) is 8.12. The first-order chi connectivity index (χ1) is 8.27. The second-order valence-electron chi connectivity index (χ2n) is 6.01. The zero-order valence-electron chi connectivity index (χ0n) is 12.3. The van der Waals surface area contributed by atoms with Gasteiger partial charge in [0.05, 0.1) is 0 Å². The average molecular weight is 239 g/mol. The lowest BCUT2D eigenvalue weighted by Gasteiger charge is -2.26. The second-order valence-corrected chi connectivity index (χ2v) is 6.01. The topological polar surface area (TPSA) is 12.0 Å². The maximum atomic E-state index is 3.72. The van der Waals surface area contributed by atoms with E-state index < -0.39 is 0 Å². The number of nitrogens with one attached hydrogen (secondary N) is 1. The van der Waals surface area contributed by atoms with Gasteiger partial charge in [0.25, 0.3) is 0 Å². The van der Waals surface area contributed by atoms with E-state index in [-0.39, 0.29) is 0 Å². The molecule has 1 saturated carbocycles. The van der Waals surface area contributed by atoms with Crippen LogP contribution >= 0.6 is 0 Å². The van der Waals surface area contributed by atoms with Crippen molar-refractivity contribution < 1.29 is 0 Å². The Bertz CT molecular complexity index is 172. The van der Waals surface area contributed by atoms with Crippen molar-refractivity contribution in [1.82, 2.24) is 5.32 Å². The molecule has 0 aromatic carbocycles. The fourth-order valence-corrected chi connectivity index (χ4v) is 3.29. The van der Waals surface area contributed by atoms with E-state index in [0.717, 1.165) is 24.4 Å². The number of hydrogen-bond acceptors (Lipinski definition) is 1. The summed E-state index contributed by atoms with van der Waals surface area (Å²) in [6, 6.07) is 0.771. The molecule has 0 saturated heterocycles. The molecule has 102 valence electrons. The Kier molecular flexibility index (Phi) is 7.92. The van der Waals surface area contributed by atoms with Gasteiger partial charge >= 0.3 is 0 Å². The zero-order chi connectivity index (χ0) is 12.5. The molecule has 1 N–H and O–H groups in total. The third kappa shape index (κ3) is 5.90. The lowest BCUT2D eigenvalue weighted by atomic mass is 9.89. The van der Waals surface area contributed by atoms with Crippen LogP contribution in [0.5, 0.6) is 0 Å². The monoisotopic (exact) mass is 239 g/mol. The molecule has 0 aromatic heterocycles. The molecule has 0 amide bonds. The van der Waals surface area contributed by atoms with Crippen LogP contribution in [-0.2, 0) is 0 Å². The third-order valence-electron chi connectivity index (χ3n) is 4.53. The molecule has 0 radical (unpaired) electrons. The van der Waals surface area contributed by atoms with Gasteiger partial charge in [-0.2, -0.15) is 0 Å². The van der Waals surface area contributed by atoms with Gasteiger partial charge in [-0.1, -0.05) is 59.3 Å². The van der Waals surface area contributed by atoms with E-state index in [9.17, 15) is 0 Å². The Hall–Kier alpha value is -0.0400. The number of hydrogen-bond donors (Lipinski definition) is 1. The highest BCUT2D eigenvalue weighted by Crippen LogP contribution is 2.30. The lowest BCUT2D eigenvalue weighted by molar-refractivity contribution is 0.311. The Morgan fingerprint density at radius 1 is 1.12 bits per heavy atom. The van der Waals surface area contributed by atoms with Crippen LogP contribution in [0.4, 0.5) is 0 Å². The van der Waals surface area contributed by atoms with Gasteiger partial charge in [0.15, 0.2) is 0 Å². The minimum atomic E-state index is 0.771. The van der Waals surface area contributed by atoms with Crippen LogP contribution in [0, 0.1) is 11.8 Å². The van der Waals surface area contributed by atoms with E-state index in [2.05, 4.69) is 26.1 Å². The normalized spacial score (nSPS) is 20.6. The molecule has 1 rings (SSSR count). The molecule has 1 heteroatoms. The first kappa shape index (κ1) is 15.0. The molecule has 1 nitrogen and oxygen atoms in total. The highest BCUT2D eigenvalue weighted by molar-refractivity contribution is 4.76. The average Bonchev–Trinajstić information content (AvgIpc) is 2.84. The van der Waals surface area contributed by atoms with Crippen molar-refractivity contribution in [3.05, 3.63) is 0 Å². The molecule has 1 aliphatic rings. The van der Waals surface area contributed by atoms with E-state index in [1.165, 1.54) is 57.8 Å². The van der Waals surface area contributed by atoms with Gasteiger partial charge < -0.3 is 5.32 Å². The van der Waals surface area contributed by atoms with Gasteiger partial charge in [-0.3, -0.25) is 0 Å². The van der Waals surface area contributed by atoms with Gasteiger partial charge in [-0.05, 0) is 37.6 Å². The largest absolute Gasteiger partial charge is 0.314 e. The molecule has 1 fully saturated rings. The lowest BCUT2D eigenvalue weighted by Crippen LogP contribution is -2.35. The summed E-state index contributed by atoms with van der Waals surface area (Å²) >= 11 is 0. The van der Waals surface area contributed by atoms with Crippen LogP contribution < -0.4 is 5.32 Å². The van der Waals surface area contributed by atoms with Gasteiger partial charge in [0.1, 0.15) is 0 Å². The van der Waals surface area contributed by atoms with Crippen LogP contribution in [0.25, 0.3) is 0 Å². The standard InChI is InChI=1S/C16H33N/c1-4-6-9-14(3)16(17-5-2)13-12-15-10-7-8-11-15/h14-17H,4-13H2,1-3H3. The van der Waals surface area contributed by atoms with Crippen molar-refractivity contribution in [1.29, 1.82) is 0 Å². The van der Waals surface area contributed by atoms with Crippen molar-refractivity contribution in [3.8, 4) is 0 Å². The Morgan fingerprint density at radius 3 is 2.41 bits per heavy atom. The van der Waals surface area contributed by atoms with Crippen LogP contribution in [0.15, 0.2) is 0 Å². The highest BCUT2D eigenvalue weighted by atomic mass is 14.9. The predicted octanol–water partition coefficient (Wildman–Crippen LogP) is 4.76. The van der Waals surface area contributed by atoms with Crippen molar-refractivity contribution in [2.75, 3.05) is 6.54 Å². The number of unbranched alkanes of at least 4 members (excludes halogenated alkanes) is 1. The molecule has 0 aliphatic heterocycles. The molecule has 2 unspecified atom stereocenters. The summed E-state index contributed by atoms with van der Waals surface area (Å²) in [5.41, 5.74) is 0. The minimum absolute atomic E-state index is 0.771.